The second-order valence-electron chi connectivity index (χ2n) is 5.20. The number of hydrogen-bond donors (Lipinski definition) is 0. The van der Waals surface area contributed by atoms with Crippen molar-refractivity contribution in [3.05, 3.63) is 35.4 Å². The summed E-state index contributed by atoms with van der Waals surface area (Å²) in [6.07, 6.45) is -0.787. The first kappa shape index (κ1) is 16.1. The Labute approximate surface area is 126 Å². The first-order chi connectivity index (χ1) is 9.93. The summed E-state index contributed by atoms with van der Waals surface area (Å²) in [6.45, 7) is 0.640. The van der Waals surface area contributed by atoms with E-state index in [2.05, 4.69) is 0 Å². The summed E-state index contributed by atoms with van der Waals surface area (Å²) < 4.78 is 37.6. The molecule has 1 heterocycles. The van der Waals surface area contributed by atoms with Crippen LogP contribution in [0, 0.1) is 0 Å². The molecule has 2 rings (SSSR count). The number of carbonyl (C=O) groups is 1. The van der Waals surface area contributed by atoms with Gasteiger partial charge >= 0.3 is 6.18 Å². The van der Waals surface area contributed by atoms with E-state index >= 15 is 0 Å². The largest absolute Gasteiger partial charge is 0.416 e. The van der Waals surface area contributed by atoms with Gasteiger partial charge in [-0.1, -0.05) is 0 Å². The van der Waals surface area contributed by atoms with Crippen LogP contribution in [0.2, 0.25) is 0 Å². The van der Waals surface area contributed by atoms with E-state index in [9.17, 15) is 18.0 Å². The van der Waals surface area contributed by atoms with Gasteiger partial charge in [-0.3, -0.25) is 4.79 Å². The highest BCUT2D eigenvalue weighted by molar-refractivity contribution is 6.17. The first-order valence-corrected chi connectivity index (χ1v) is 7.51. The SMILES string of the molecule is O=C(c1ccc(C(F)(F)F)cc1)N1CCCCC1CCCl. The molecular weight excluding hydrogens is 303 g/mol. The number of nitrogens with zero attached hydrogens (tertiary/aromatic N) is 1. The van der Waals surface area contributed by atoms with Gasteiger partial charge in [-0.05, 0) is 49.9 Å². The molecular formula is C15H17ClF3NO. The van der Waals surface area contributed by atoms with Gasteiger partial charge in [0.2, 0.25) is 0 Å². The lowest BCUT2D eigenvalue weighted by molar-refractivity contribution is -0.137. The van der Waals surface area contributed by atoms with Crippen LogP contribution < -0.4 is 0 Å². The molecule has 0 bridgehead atoms. The number of halogens is 4. The molecule has 1 aliphatic heterocycles. The number of piperidine rings is 1. The van der Waals surface area contributed by atoms with Crippen LogP contribution in [-0.4, -0.2) is 29.3 Å². The molecule has 0 radical (unpaired) electrons. The number of carbonyl (C=O) groups excluding carboxylic acids is 1. The van der Waals surface area contributed by atoms with Gasteiger partial charge in [0, 0.05) is 24.0 Å². The fraction of sp³-hybridized carbons (Fsp3) is 0.533. The average molecular weight is 320 g/mol. The fourth-order valence-corrected chi connectivity index (χ4v) is 2.91. The Morgan fingerprint density at radius 1 is 1.24 bits per heavy atom. The van der Waals surface area contributed by atoms with Crippen molar-refractivity contribution in [1.82, 2.24) is 4.90 Å². The molecule has 1 aromatic carbocycles. The Morgan fingerprint density at radius 2 is 1.90 bits per heavy atom. The van der Waals surface area contributed by atoms with E-state index in [1.807, 2.05) is 0 Å². The van der Waals surface area contributed by atoms with Gasteiger partial charge in [-0.25, -0.2) is 0 Å². The molecule has 1 amide bonds. The predicted octanol–water partition coefficient (Wildman–Crippen LogP) is 4.33. The second-order valence-corrected chi connectivity index (χ2v) is 5.58. The molecule has 2 nitrogen and oxygen atoms in total. The minimum absolute atomic E-state index is 0.0889. The lowest BCUT2D eigenvalue weighted by Crippen LogP contribution is -2.43. The van der Waals surface area contributed by atoms with Crippen molar-refractivity contribution in [2.75, 3.05) is 12.4 Å². The average Bonchev–Trinajstić information content (AvgIpc) is 2.47. The Bertz CT molecular complexity index is 485. The molecule has 0 N–H and O–H groups in total. The van der Waals surface area contributed by atoms with Crippen molar-refractivity contribution in [3.63, 3.8) is 0 Å². The number of amides is 1. The first-order valence-electron chi connectivity index (χ1n) is 6.97. The number of rotatable bonds is 3. The molecule has 1 atom stereocenters. The van der Waals surface area contributed by atoms with Crippen LogP contribution in [0.4, 0.5) is 13.2 Å². The molecule has 1 unspecified atom stereocenters. The normalized spacial score (nSPS) is 19.6. The third-order valence-electron chi connectivity index (χ3n) is 3.79. The molecule has 116 valence electrons. The van der Waals surface area contributed by atoms with E-state index in [1.165, 1.54) is 12.1 Å². The summed E-state index contributed by atoms with van der Waals surface area (Å²) in [5, 5.41) is 0. The van der Waals surface area contributed by atoms with Crippen LogP contribution in [0.1, 0.15) is 41.6 Å². The minimum atomic E-state index is -4.38. The summed E-state index contributed by atoms with van der Waals surface area (Å²) in [5.41, 5.74) is -0.445. The van der Waals surface area contributed by atoms with Gasteiger partial charge in [-0.2, -0.15) is 13.2 Å². The molecule has 1 fully saturated rings. The third-order valence-corrected chi connectivity index (χ3v) is 4.01. The molecule has 21 heavy (non-hydrogen) atoms. The highest BCUT2D eigenvalue weighted by atomic mass is 35.5. The molecule has 0 aliphatic carbocycles. The van der Waals surface area contributed by atoms with Crippen LogP contribution >= 0.6 is 11.6 Å². The van der Waals surface area contributed by atoms with Crippen LogP contribution in [0.5, 0.6) is 0 Å². The van der Waals surface area contributed by atoms with Gasteiger partial charge in [0.25, 0.3) is 5.91 Å². The summed E-state index contributed by atoms with van der Waals surface area (Å²) in [6, 6.07) is 4.49. The van der Waals surface area contributed by atoms with Crippen molar-refractivity contribution in [2.45, 2.75) is 37.9 Å². The Balaban J connectivity index is 2.14. The Morgan fingerprint density at radius 3 is 2.48 bits per heavy atom. The van der Waals surface area contributed by atoms with Crippen molar-refractivity contribution < 1.29 is 18.0 Å². The van der Waals surface area contributed by atoms with E-state index in [-0.39, 0.29) is 11.9 Å². The Kier molecular flexibility index (Phi) is 5.14. The monoisotopic (exact) mass is 319 g/mol. The van der Waals surface area contributed by atoms with E-state index < -0.39 is 11.7 Å². The predicted molar refractivity (Wildman–Crippen MR) is 75.5 cm³/mol. The number of alkyl halides is 4. The van der Waals surface area contributed by atoms with E-state index in [0.29, 0.717) is 24.4 Å². The van der Waals surface area contributed by atoms with E-state index in [4.69, 9.17) is 11.6 Å². The van der Waals surface area contributed by atoms with Crippen molar-refractivity contribution in [1.29, 1.82) is 0 Å². The smallest absolute Gasteiger partial charge is 0.336 e. The van der Waals surface area contributed by atoms with Crippen LogP contribution in [-0.2, 0) is 6.18 Å². The van der Waals surface area contributed by atoms with Gasteiger partial charge in [-0.15, -0.1) is 11.6 Å². The van der Waals surface area contributed by atoms with Crippen LogP contribution in [0.15, 0.2) is 24.3 Å². The number of benzene rings is 1. The zero-order valence-electron chi connectivity index (χ0n) is 11.5. The van der Waals surface area contributed by atoms with Gasteiger partial charge < -0.3 is 4.90 Å². The molecule has 6 heteroatoms. The molecule has 1 saturated heterocycles. The zero-order chi connectivity index (χ0) is 15.5. The topological polar surface area (TPSA) is 20.3 Å². The minimum Gasteiger partial charge on any atom is -0.336 e. The summed E-state index contributed by atoms with van der Waals surface area (Å²) in [7, 11) is 0. The number of hydrogen-bond acceptors (Lipinski definition) is 1. The molecule has 1 aliphatic rings. The lowest BCUT2D eigenvalue weighted by Gasteiger charge is -2.35. The summed E-state index contributed by atoms with van der Waals surface area (Å²) in [4.78, 5) is 14.2. The maximum atomic E-state index is 12.5. The highest BCUT2D eigenvalue weighted by Gasteiger charge is 2.31. The maximum absolute atomic E-state index is 12.5. The van der Waals surface area contributed by atoms with Crippen molar-refractivity contribution >= 4 is 17.5 Å². The quantitative estimate of drug-likeness (QED) is 0.759. The van der Waals surface area contributed by atoms with E-state index in [0.717, 1.165) is 31.4 Å². The fourth-order valence-electron chi connectivity index (χ4n) is 2.66. The van der Waals surface area contributed by atoms with E-state index in [1.54, 1.807) is 4.90 Å². The van der Waals surface area contributed by atoms with Gasteiger partial charge in [0.05, 0.1) is 5.56 Å². The zero-order valence-corrected chi connectivity index (χ0v) is 12.3. The van der Waals surface area contributed by atoms with Crippen LogP contribution in [0.25, 0.3) is 0 Å². The lowest BCUT2D eigenvalue weighted by atomic mass is 9.98. The highest BCUT2D eigenvalue weighted by Crippen LogP contribution is 2.29. The van der Waals surface area contributed by atoms with Crippen molar-refractivity contribution in [2.24, 2.45) is 0 Å². The van der Waals surface area contributed by atoms with Gasteiger partial charge in [0.1, 0.15) is 0 Å². The molecule has 0 spiro atoms. The molecule has 1 aromatic rings. The van der Waals surface area contributed by atoms with Gasteiger partial charge in [0.15, 0.2) is 0 Å². The standard InChI is InChI=1S/C15H17ClF3NO/c16-9-8-13-3-1-2-10-20(13)14(21)11-4-6-12(7-5-11)15(17,18)19/h4-7,13H,1-3,8-10H2. The molecule has 0 aromatic heterocycles. The summed E-state index contributed by atoms with van der Waals surface area (Å²) in [5.74, 6) is 0.264. The van der Waals surface area contributed by atoms with Crippen LogP contribution in [0.3, 0.4) is 0 Å². The number of likely N-dealkylation sites (tertiary alicyclic amines) is 1. The molecule has 0 saturated carbocycles. The second kappa shape index (κ2) is 6.69. The Hall–Kier alpha value is -1.23. The van der Waals surface area contributed by atoms with Crippen molar-refractivity contribution in [3.8, 4) is 0 Å². The third kappa shape index (κ3) is 3.90. The summed E-state index contributed by atoms with van der Waals surface area (Å²) >= 11 is 5.76. The maximum Gasteiger partial charge on any atom is 0.416 e.